The maximum Gasteiger partial charge on any atom is 0.257 e. The van der Waals surface area contributed by atoms with Gasteiger partial charge in [0.1, 0.15) is 5.75 Å². The van der Waals surface area contributed by atoms with Crippen LogP contribution in [0.4, 0.5) is 0 Å². The van der Waals surface area contributed by atoms with E-state index >= 15 is 0 Å². The molecule has 0 aromatic heterocycles. The van der Waals surface area contributed by atoms with Gasteiger partial charge >= 0.3 is 0 Å². The third kappa shape index (κ3) is 6.42. The van der Waals surface area contributed by atoms with Gasteiger partial charge in [-0.2, -0.15) is 0 Å². The third-order valence-electron chi connectivity index (χ3n) is 6.58. The van der Waals surface area contributed by atoms with Crippen LogP contribution in [0.1, 0.15) is 42.6 Å². The maximum absolute atomic E-state index is 12.4. The van der Waals surface area contributed by atoms with Crippen LogP contribution in [-0.4, -0.2) is 66.8 Å². The molecule has 2 aromatic rings. The number of rotatable bonds is 8. The van der Waals surface area contributed by atoms with Crippen LogP contribution in [0.3, 0.4) is 0 Å². The van der Waals surface area contributed by atoms with Gasteiger partial charge in [0.25, 0.3) is 5.91 Å². The van der Waals surface area contributed by atoms with Crippen molar-refractivity contribution < 1.29 is 14.6 Å². The van der Waals surface area contributed by atoms with Crippen LogP contribution in [0.5, 0.6) is 5.75 Å². The van der Waals surface area contributed by atoms with E-state index in [1.165, 1.54) is 4.90 Å². The summed E-state index contributed by atoms with van der Waals surface area (Å²) in [6.45, 7) is 7.28. The SMILES string of the molecule is CN(C)C(=O)c1cc(Cl)ccc1OCCCN1CCC(O)(Cc2ccc(Cl)cc2)C(C)(C)C1. The van der Waals surface area contributed by atoms with Crippen LogP contribution in [0.2, 0.25) is 10.0 Å². The van der Waals surface area contributed by atoms with Crippen molar-refractivity contribution in [1.82, 2.24) is 9.80 Å². The van der Waals surface area contributed by atoms with Gasteiger partial charge in [-0.25, -0.2) is 0 Å². The van der Waals surface area contributed by atoms with E-state index in [1.807, 2.05) is 24.3 Å². The molecule has 1 amide bonds. The second-order valence-corrected chi connectivity index (χ2v) is 10.7. The summed E-state index contributed by atoms with van der Waals surface area (Å²) in [5.41, 5.74) is 0.549. The van der Waals surface area contributed by atoms with E-state index in [9.17, 15) is 9.90 Å². The van der Waals surface area contributed by atoms with Gasteiger partial charge < -0.3 is 19.6 Å². The zero-order valence-corrected chi connectivity index (χ0v) is 21.4. The predicted molar refractivity (Wildman–Crippen MR) is 135 cm³/mol. The number of carbonyl (C=O) groups is 1. The molecule has 5 nitrogen and oxygen atoms in total. The minimum absolute atomic E-state index is 0.134. The largest absolute Gasteiger partial charge is 0.493 e. The number of benzene rings is 2. The Morgan fingerprint density at radius 3 is 2.42 bits per heavy atom. The lowest BCUT2D eigenvalue weighted by Crippen LogP contribution is -2.58. The Balaban J connectivity index is 1.53. The molecular weight excluding hydrogens is 459 g/mol. The smallest absolute Gasteiger partial charge is 0.257 e. The van der Waals surface area contributed by atoms with E-state index in [-0.39, 0.29) is 11.3 Å². The molecule has 7 heteroatoms. The van der Waals surface area contributed by atoms with Crippen molar-refractivity contribution in [2.45, 2.75) is 38.7 Å². The molecular formula is C26H34Cl2N2O3. The summed E-state index contributed by atoms with van der Waals surface area (Å²) in [5, 5.41) is 12.7. The Morgan fingerprint density at radius 2 is 1.79 bits per heavy atom. The Labute approximate surface area is 207 Å². The summed E-state index contributed by atoms with van der Waals surface area (Å²) in [6.07, 6.45) is 2.15. The lowest BCUT2D eigenvalue weighted by molar-refractivity contribution is -0.118. The van der Waals surface area contributed by atoms with Crippen LogP contribution in [-0.2, 0) is 6.42 Å². The summed E-state index contributed by atoms with van der Waals surface area (Å²) in [7, 11) is 3.42. The first kappa shape index (κ1) is 25.8. The molecule has 1 unspecified atom stereocenters. The van der Waals surface area contributed by atoms with Crippen molar-refractivity contribution in [2.75, 3.05) is 40.3 Å². The monoisotopic (exact) mass is 492 g/mol. The normalized spacial score (nSPS) is 20.5. The first-order valence-electron chi connectivity index (χ1n) is 11.3. The fraction of sp³-hybridized carbons (Fsp3) is 0.500. The molecule has 0 bridgehead atoms. The third-order valence-corrected chi connectivity index (χ3v) is 7.07. The Morgan fingerprint density at radius 1 is 1.12 bits per heavy atom. The summed E-state index contributed by atoms with van der Waals surface area (Å²) < 4.78 is 5.94. The highest BCUT2D eigenvalue weighted by Crippen LogP contribution is 2.41. The highest BCUT2D eigenvalue weighted by Gasteiger charge is 2.47. The van der Waals surface area contributed by atoms with Crippen molar-refractivity contribution in [3.8, 4) is 5.75 Å². The number of amides is 1. The maximum atomic E-state index is 12.4. The molecule has 1 N–H and O–H groups in total. The highest BCUT2D eigenvalue weighted by molar-refractivity contribution is 6.31. The van der Waals surface area contributed by atoms with Crippen LogP contribution in [0, 0.1) is 5.41 Å². The van der Waals surface area contributed by atoms with Gasteiger partial charge in [0, 0.05) is 55.6 Å². The number of hydrogen-bond acceptors (Lipinski definition) is 4. The Kier molecular flexibility index (Phi) is 8.33. The molecule has 0 spiro atoms. The number of halogens is 2. The molecule has 0 saturated carbocycles. The van der Waals surface area contributed by atoms with Gasteiger partial charge in [0.15, 0.2) is 0 Å². The van der Waals surface area contributed by atoms with E-state index in [4.69, 9.17) is 27.9 Å². The van der Waals surface area contributed by atoms with Crippen LogP contribution < -0.4 is 4.74 Å². The standard InChI is InChI=1S/C26H34Cl2N2O3/c1-25(2)18-30(14-12-26(25,32)17-19-6-8-20(27)9-7-19)13-5-15-33-23-11-10-21(28)16-22(23)24(31)29(3)4/h6-11,16,32H,5,12-15,17-18H2,1-4H3. The number of likely N-dealkylation sites (tertiary alicyclic amines) is 1. The summed E-state index contributed by atoms with van der Waals surface area (Å²) in [5.74, 6) is 0.416. The molecule has 1 saturated heterocycles. The number of hydrogen-bond donors (Lipinski definition) is 1. The van der Waals surface area contributed by atoms with Crippen molar-refractivity contribution in [3.05, 3.63) is 63.6 Å². The number of carbonyl (C=O) groups excluding carboxylic acids is 1. The fourth-order valence-electron chi connectivity index (χ4n) is 4.43. The van der Waals surface area contributed by atoms with Crippen molar-refractivity contribution in [2.24, 2.45) is 5.41 Å². The van der Waals surface area contributed by atoms with Crippen molar-refractivity contribution in [1.29, 1.82) is 0 Å². The van der Waals surface area contributed by atoms with Gasteiger partial charge in [-0.15, -0.1) is 0 Å². The van der Waals surface area contributed by atoms with E-state index in [0.29, 0.717) is 40.8 Å². The molecule has 33 heavy (non-hydrogen) atoms. The molecule has 0 aliphatic carbocycles. The number of ether oxygens (including phenoxy) is 1. The first-order valence-corrected chi connectivity index (χ1v) is 12.1. The fourth-order valence-corrected chi connectivity index (χ4v) is 4.73. The molecule has 3 rings (SSSR count). The molecule has 180 valence electrons. The van der Waals surface area contributed by atoms with E-state index in [2.05, 4.69) is 18.7 Å². The molecule has 1 aliphatic rings. The highest BCUT2D eigenvalue weighted by atomic mass is 35.5. The Hall–Kier alpha value is -1.79. The quantitative estimate of drug-likeness (QED) is 0.516. The van der Waals surface area contributed by atoms with Gasteiger partial charge in [-0.1, -0.05) is 49.2 Å². The van der Waals surface area contributed by atoms with Crippen LogP contribution in [0.15, 0.2) is 42.5 Å². The molecule has 2 aromatic carbocycles. The van der Waals surface area contributed by atoms with E-state index < -0.39 is 5.60 Å². The van der Waals surface area contributed by atoms with Gasteiger partial charge in [0.2, 0.25) is 0 Å². The lowest BCUT2D eigenvalue weighted by Gasteiger charge is -2.50. The van der Waals surface area contributed by atoms with Gasteiger partial charge in [-0.05, 0) is 48.7 Å². The zero-order valence-electron chi connectivity index (χ0n) is 19.9. The number of nitrogens with zero attached hydrogens (tertiary/aromatic N) is 2. The van der Waals surface area contributed by atoms with Gasteiger partial charge in [0.05, 0.1) is 17.8 Å². The van der Waals surface area contributed by atoms with Gasteiger partial charge in [-0.3, -0.25) is 4.79 Å². The average molecular weight is 493 g/mol. The summed E-state index contributed by atoms with van der Waals surface area (Å²) >= 11 is 12.1. The second-order valence-electron chi connectivity index (χ2n) is 9.79. The topological polar surface area (TPSA) is 53.0 Å². The van der Waals surface area contributed by atoms with Crippen molar-refractivity contribution >= 4 is 29.1 Å². The predicted octanol–water partition coefficient (Wildman–Crippen LogP) is 5.17. The Bertz CT molecular complexity index is 963. The molecule has 0 radical (unpaired) electrons. The molecule has 1 atom stereocenters. The average Bonchev–Trinajstić information content (AvgIpc) is 2.75. The molecule has 1 heterocycles. The van der Waals surface area contributed by atoms with Crippen LogP contribution >= 0.6 is 23.2 Å². The first-order chi connectivity index (χ1) is 15.5. The minimum Gasteiger partial charge on any atom is -0.493 e. The number of piperidine rings is 1. The van der Waals surface area contributed by atoms with Crippen molar-refractivity contribution in [3.63, 3.8) is 0 Å². The lowest BCUT2D eigenvalue weighted by atomic mass is 9.67. The molecule has 1 fully saturated rings. The van der Waals surface area contributed by atoms with E-state index in [1.54, 1.807) is 32.3 Å². The summed E-state index contributed by atoms with van der Waals surface area (Å²) in [6, 6.07) is 12.9. The van der Waals surface area contributed by atoms with Crippen LogP contribution in [0.25, 0.3) is 0 Å². The van der Waals surface area contributed by atoms with E-state index in [0.717, 1.165) is 31.6 Å². The number of aliphatic hydroxyl groups is 1. The molecule has 1 aliphatic heterocycles. The summed E-state index contributed by atoms with van der Waals surface area (Å²) in [4.78, 5) is 16.3. The second kappa shape index (κ2) is 10.6. The zero-order chi connectivity index (χ0) is 24.2. The minimum atomic E-state index is -0.765.